The quantitative estimate of drug-likeness (QED) is 0.772. The molecule has 2 N–H and O–H groups in total. The highest BCUT2D eigenvalue weighted by Crippen LogP contribution is 2.11. The number of hydrogen-bond acceptors (Lipinski definition) is 6. The van der Waals surface area contributed by atoms with Crippen LogP contribution < -0.4 is 5.73 Å². The van der Waals surface area contributed by atoms with Gasteiger partial charge < -0.3 is 15.4 Å². The van der Waals surface area contributed by atoms with Crippen molar-refractivity contribution in [3.8, 4) is 0 Å². The van der Waals surface area contributed by atoms with Crippen LogP contribution >= 0.6 is 11.7 Å². The van der Waals surface area contributed by atoms with Gasteiger partial charge in [0.2, 0.25) is 0 Å². The third-order valence-electron chi connectivity index (χ3n) is 2.55. The van der Waals surface area contributed by atoms with Crippen LogP contribution in [0.25, 0.3) is 0 Å². The van der Waals surface area contributed by atoms with Crippen molar-refractivity contribution >= 4 is 17.6 Å². The molecule has 1 aliphatic heterocycles. The minimum atomic E-state index is -0.0947. The number of hydrogen-bond donors (Lipinski definition) is 1. The SMILES string of the molecule is CC(N)C1CN(C(=O)c2cnsn2)CCO1. The monoisotopic (exact) mass is 242 g/mol. The lowest BCUT2D eigenvalue weighted by Gasteiger charge is -2.34. The molecule has 0 saturated carbocycles. The van der Waals surface area contributed by atoms with Gasteiger partial charge in [-0.25, -0.2) is 0 Å². The van der Waals surface area contributed by atoms with Crippen LogP contribution in [0.15, 0.2) is 6.20 Å². The molecule has 2 atom stereocenters. The zero-order valence-corrected chi connectivity index (χ0v) is 9.81. The Morgan fingerprint density at radius 3 is 3.25 bits per heavy atom. The Labute approximate surface area is 97.7 Å². The minimum absolute atomic E-state index is 0.0795. The van der Waals surface area contributed by atoms with Gasteiger partial charge in [-0.05, 0) is 6.92 Å². The number of rotatable bonds is 2. The molecule has 2 rings (SSSR count). The highest BCUT2D eigenvalue weighted by Gasteiger charge is 2.28. The first-order chi connectivity index (χ1) is 7.68. The van der Waals surface area contributed by atoms with Gasteiger partial charge in [0.1, 0.15) is 0 Å². The molecule has 1 aromatic heterocycles. The Hall–Kier alpha value is -1.05. The molecular formula is C9H14N4O2S. The van der Waals surface area contributed by atoms with Gasteiger partial charge in [0, 0.05) is 19.1 Å². The van der Waals surface area contributed by atoms with Crippen molar-refractivity contribution in [3.63, 3.8) is 0 Å². The van der Waals surface area contributed by atoms with Crippen LogP contribution in [0.4, 0.5) is 0 Å². The second kappa shape index (κ2) is 4.86. The molecule has 1 saturated heterocycles. The minimum Gasteiger partial charge on any atom is -0.373 e. The highest BCUT2D eigenvalue weighted by molar-refractivity contribution is 6.99. The van der Waals surface area contributed by atoms with E-state index in [1.165, 1.54) is 6.20 Å². The normalized spacial score (nSPS) is 23.1. The lowest BCUT2D eigenvalue weighted by molar-refractivity contribution is -0.0301. The summed E-state index contributed by atoms with van der Waals surface area (Å²) in [4.78, 5) is 13.7. The first-order valence-corrected chi connectivity index (χ1v) is 5.85. The maximum atomic E-state index is 12.0. The van der Waals surface area contributed by atoms with Crippen molar-refractivity contribution in [3.05, 3.63) is 11.9 Å². The van der Waals surface area contributed by atoms with E-state index in [0.717, 1.165) is 11.7 Å². The van der Waals surface area contributed by atoms with E-state index in [0.29, 0.717) is 25.4 Å². The van der Waals surface area contributed by atoms with Crippen molar-refractivity contribution < 1.29 is 9.53 Å². The number of nitrogens with two attached hydrogens (primary N) is 1. The third kappa shape index (κ3) is 2.37. The number of aromatic nitrogens is 2. The molecule has 1 aliphatic rings. The van der Waals surface area contributed by atoms with Crippen molar-refractivity contribution in [1.82, 2.24) is 13.6 Å². The Balaban J connectivity index is 2.02. The number of carbonyl (C=O) groups is 1. The topological polar surface area (TPSA) is 81.3 Å². The molecule has 6 nitrogen and oxygen atoms in total. The third-order valence-corrected chi connectivity index (χ3v) is 3.03. The maximum Gasteiger partial charge on any atom is 0.275 e. The summed E-state index contributed by atoms with van der Waals surface area (Å²) < 4.78 is 13.2. The van der Waals surface area contributed by atoms with E-state index in [1.807, 2.05) is 6.92 Å². The first-order valence-electron chi connectivity index (χ1n) is 5.12. The molecule has 0 bridgehead atoms. The van der Waals surface area contributed by atoms with Crippen LogP contribution in [0.3, 0.4) is 0 Å². The summed E-state index contributed by atoms with van der Waals surface area (Å²) in [5.74, 6) is -0.0947. The molecule has 7 heteroatoms. The Morgan fingerprint density at radius 2 is 2.62 bits per heavy atom. The maximum absolute atomic E-state index is 12.0. The van der Waals surface area contributed by atoms with E-state index in [9.17, 15) is 4.79 Å². The predicted molar refractivity (Wildman–Crippen MR) is 59.2 cm³/mol. The fraction of sp³-hybridized carbons (Fsp3) is 0.667. The predicted octanol–water partition coefficient (Wildman–Crippen LogP) is -0.274. The Bertz CT molecular complexity index is 354. The number of carbonyl (C=O) groups excluding carboxylic acids is 1. The van der Waals surface area contributed by atoms with Crippen LogP contribution in [0.2, 0.25) is 0 Å². The van der Waals surface area contributed by atoms with Gasteiger partial charge >= 0.3 is 0 Å². The molecule has 1 aromatic rings. The number of ether oxygens (including phenoxy) is 1. The van der Waals surface area contributed by atoms with Gasteiger partial charge in [-0.15, -0.1) is 0 Å². The zero-order valence-electron chi connectivity index (χ0n) is 9.00. The summed E-state index contributed by atoms with van der Waals surface area (Å²) in [7, 11) is 0. The molecule has 2 unspecified atom stereocenters. The average Bonchev–Trinajstić information content (AvgIpc) is 2.81. The first kappa shape index (κ1) is 11.4. The molecule has 1 fully saturated rings. The van der Waals surface area contributed by atoms with E-state index in [2.05, 4.69) is 8.75 Å². The van der Waals surface area contributed by atoms with Crippen LogP contribution in [-0.2, 0) is 4.74 Å². The standard InChI is InChI=1S/C9H14N4O2S/c1-6(10)8-5-13(2-3-15-8)9(14)7-4-11-16-12-7/h4,6,8H,2-3,5,10H2,1H3. The van der Waals surface area contributed by atoms with Gasteiger partial charge in [-0.1, -0.05) is 0 Å². The smallest absolute Gasteiger partial charge is 0.275 e. The molecule has 1 amide bonds. The largest absolute Gasteiger partial charge is 0.373 e. The second-order valence-electron chi connectivity index (χ2n) is 3.81. The van der Waals surface area contributed by atoms with E-state index < -0.39 is 0 Å². The zero-order chi connectivity index (χ0) is 11.5. The van der Waals surface area contributed by atoms with Gasteiger partial charge in [-0.2, -0.15) is 8.75 Å². The van der Waals surface area contributed by atoms with E-state index in [-0.39, 0.29) is 18.1 Å². The number of morpholine rings is 1. The molecule has 88 valence electrons. The number of nitrogens with zero attached hydrogens (tertiary/aromatic N) is 3. The van der Waals surface area contributed by atoms with Gasteiger partial charge in [0.25, 0.3) is 5.91 Å². The molecule has 0 aromatic carbocycles. The highest BCUT2D eigenvalue weighted by atomic mass is 32.1. The summed E-state index contributed by atoms with van der Waals surface area (Å²) in [6.07, 6.45) is 1.40. The van der Waals surface area contributed by atoms with E-state index in [4.69, 9.17) is 10.5 Å². The Morgan fingerprint density at radius 1 is 1.81 bits per heavy atom. The van der Waals surface area contributed by atoms with Crippen molar-refractivity contribution in [1.29, 1.82) is 0 Å². The lowest BCUT2D eigenvalue weighted by atomic mass is 10.1. The average molecular weight is 242 g/mol. The molecule has 0 spiro atoms. The summed E-state index contributed by atoms with van der Waals surface area (Å²) >= 11 is 1.04. The van der Waals surface area contributed by atoms with Crippen molar-refractivity contribution in [2.75, 3.05) is 19.7 Å². The summed E-state index contributed by atoms with van der Waals surface area (Å²) in [6.45, 7) is 3.51. The summed E-state index contributed by atoms with van der Waals surface area (Å²) in [5, 5.41) is 0. The summed E-state index contributed by atoms with van der Waals surface area (Å²) in [5.41, 5.74) is 6.16. The Kier molecular flexibility index (Phi) is 3.47. The van der Waals surface area contributed by atoms with Crippen molar-refractivity contribution in [2.45, 2.75) is 19.1 Å². The molecular weight excluding hydrogens is 228 g/mol. The lowest BCUT2D eigenvalue weighted by Crippen LogP contribution is -2.51. The molecule has 16 heavy (non-hydrogen) atoms. The van der Waals surface area contributed by atoms with Crippen LogP contribution in [0, 0.1) is 0 Å². The van der Waals surface area contributed by atoms with Crippen LogP contribution in [-0.4, -0.2) is 51.4 Å². The summed E-state index contributed by atoms with van der Waals surface area (Å²) in [6, 6.07) is -0.0795. The van der Waals surface area contributed by atoms with E-state index in [1.54, 1.807) is 4.90 Å². The van der Waals surface area contributed by atoms with Crippen LogP contribution in [0.1, 0.15) is 17.4 Å². The van der Waals surface area contributed by atoms with Crippen LogP contribution in [0.5, 0.6) is 0 Å². The van der Waals surface area contributed by atoms with Crippen molar-refractivity contribution in [2.24, 2.45) is 5.73 Å². The van der Waals surface area contributed by atoms with E-state index >= 15 is 0 Å². The van der Waals surface area contributed by atoms with Gasteiger partial charge in [-0.3, -0.25) is 4.79 Å². The molecule has 0 aliphatic carbocycles. The molecule has 0 radical (unpaired) electrons. The number of amides is 1. The van der Waals surface area contributed by atoms with Gasteiger partial charge in [0.15, 0.2) is 5.69 Å². The molecule has 2 heterocycles. The fourth-order valence-electron chi connectivity index (χ4n) is 1.60. The van der Waals surface area contributed by atoms with Gasteiger partial charge in [0.05, 0.1) is 30.6 Å². The second-order valence-corrected chi connectivity index (χ2v) is 4.37. The fourth-order valence-corrected chi connectivity index (χ4v) is 2.01.